The predicted octanol–water partition coefficient (Wildman–Crippen LogP) is -0.405. The third-order valence-electron chi connectivity index (χ3n) is 5.26. The Balaban J connectivity index is 2.26. The number of nitrogens with zero attached hydrogens (tertiary/aromatic N) is 1. The molecule has 1 aliphatic heterocycles. The van der Waals surface area contributed by atoms with Crippen molar-refractivity contribution in [1.82, 2.24) is 15.5 Å². The van der Waals surface area contributed by atoms with Crippen molar-refractivity contribution in [2.75, 3.05) is 13.1 Å². The minimum Gasteiger partial charge on any atom is -0.508 e. The average molecular weight is 434 g/mol. The summed E-state index contributed by atoms with van der Waals surface area (Å²) in [5.74, 6) is -2.85. The van der Waals surface area contributed by atoms with Gasteiger partial charge in [-0.15, -0.1) is 0 Å². The van der Waals surface area contributed by atoms with E-state index < -0.39 is 41.8 Å². The fourth-order valence-corrected chi connectivity index (χ4v) is 3.58. The number of rotatable bonds is 9. The number of aromatic hydroxyl groups is 1. The summed E-state index contributed by atoms with van der Waals surface area (Å²) in [6, 6.07) is 3.30. The largest absolute Gasteiger partial charge is 0.508 e. The number of phenolic OH excluding ortho intramolecular Hbond substituents is 1. The van der Waals surface area contributed by atoms with Gasteiger partial charge in [0.1, 0.15) is 23.9 Å². The number of carboxylic acids is 1. The zero-order chi connectivity index (χ0) is 23.1. The molecule has 1 aromatic carbocycles. The van der Waals surface area contributed by atoms with Gasteiger partial charge in [0.25, 0.3) is 0 Å². The Bertz CT molecular complexity index is 811. The molecule has 3 atom stereocenters. The van der Waals surface area contributed by atoms with Crippen molar-refractivity contribution in [2.24, 2.45) is 11.7 Å². The van der Waals surface area contributed by atoms with E-state index in [0.717, 1.165) is 0 Å². The van der Waals surface area contributed by atoms with Crippen LogP contribution in [0.15, 0.2) is 24.3 Å². The topological polar surface area (TPSA) is 162 Å². The van der Waals surface area contributed by atoms with Crippen molar-refractivity contribution in [2.45, 2.75) is 51.2 Å². The molecular formula is C21H30N4O6. The second kappa shape index (κ2) is 10.8. The molecule has 0 radical (unpaired) electrons. The fourth-order valence-electron chi connectivity index (χ4n) is 3.58. The molecule has 1 aromatic rings. The SMILES string of the molecule is CC(C)C(NC(=O)CN)C(=O)NC(Cc1ccc(O)cc1)C(=O)N1CCCC1C(=O)O. The van der Waals surface area contributed by atoms with Gasteiger partial charge < -0.3 is 31.5 Å². The van der Waals surface area contributed by atoms with Gasteiger partial charge in [0.05, 0.1) is 6.54 Å². The molecule has 0 aliphatic carbocycles. The molecule has 0 bridgehead atoms. The standard InChI is InChI=1S/C21H30N4O6/c1-12(2)18(24-17(27)11-22)19(28)23-15(10-13-5-7-14(26)8-6-13)20(29)25-9-3-4-16(25)21(30)31/h5-8,12,15-16,18,26H,3-4,9-11,22H2,1-2H3,(H,23,28)(H,24,27)(H,30,31). The molecule has 0 aromatic heterocycles. The Kier molecular flexibility index (Phi) is 8.38. The maximum Gasteiger partial charge on any atom is 0.326 e. The minimum absolute atomic E-state index is 0.0607. The van der Waals surface area contributed by atoms with Gasteiger partial charge in [-0.3, -0.25) is 14.4 Å². The maximum atomic E-state index is 13.2. The van der Waals surface area contributed by atoms with E-state index in [1.807, 2.05) is 0 Å². The Hall–Kier alpha value is -3.14. The lowest BCUT2D eigenvalue weighted by atomic mass is 10.0. The third-order valence-corrected chi connectivity index (χ3v) is 5.26. The number of hydrogen-bond acceptors (Lipinski definition) is 6. The number of phenols is 1. The minimum atomic E-state index is -1.09. The van der Waals surface area contributed by atoms with Crippen LogP contribution in [0.3, 0.4) is 0 Å². The average Bonchev–Trinajstić information content (AvgIpc) is 3.22. The molecule has 3 amide bonds. The monoisotopic (exact) mass is 434 g/mol. The molecule has 0 spiro atoms. The number of nitrogens with two attached hydrogens (primary N) is 1. The van der Waals surface area contributed by atoms with Crippen LogP contribution in [0.25, 0.3) is 0 Å². The fraction of sp³-hybridized carbons (Fsp3) is 0.524. The molecule has 0 saturated carbocycles. The van der Waals surface area contributed by atoms with Crippen molar-refractivity contribution in [3.8, 4) is 5.75 Å². The lowest BCUT2D eigenvalue weighted by molar-refractivity contribution is -0.149. The Morgan fingerprint density at radius 3 is 2.35 bits per heavy atom. The van der Waals surface area contributed by atoms with Gasteiger partial charge in [0, 0.05) is 13.0 Å². The number of aliphatic carboxylic acids is 1. The highest BCUT2D eigenvalue weighted by molar-refractivity contribution is 5.94. The summed E-state index contributed by atoms with van der Waals surface area (Å²) in [4.78, 5) is 50.7. The molecule has 6 N–H and O–H groups in total. The highest BCUT2D eigenvalue weighted by Gasteiger charge is 2.38. The van der Waals surface area contributed by atoms with E-state index in [4.69, 9.17) is 5.73 Å². The summed E-state index contributed by atoms with van der Waals surface area (Å²) in [6.45, 7) is 3.51. The summed E-state index contributed by atoms with van der Waals surface area (Å²) in [7, 11) is 0. The first kappa shape index (κ1) is 24.1. The Morgan fingerprint density at radius 2 is 1.81 bits per heavy atom. The first-order valence-corrected chi connectivity index (χ1v) is 10.2. The second-order valence-electron chi connectivity index (χ2n) is 7.95. The molecular weight excluding hydrogens is 404 g/mol. The summed E-state index contributed by atoms with van der Waals surface area (Å²) in [5.41, 5.74) is 6.01. The van der Waals surface area contributed by atoms with E-state index in [-0.39, 0.29) is 31.2 Å². The van der Waals surface area contributed by atoms with Gasteiger partial charge in [-0.25, -0.2) is 4.79 Å². The van der Waals surface area contributed by atoms with Crippen molar-refractivity contribution < 1.29 is 29.4 Å². The van der Waals surface area contributed by atoms with Crippen LogP contribution in [0.1, 0.15) is 32.3 Å². The van der Waals surface area contributed by atoms with Crippen LogP contribution in [0, 0.1) is 5.92 Å². The Labute approximate surface area is 180 Å². The van der Waals surface area contributed by atoms with Crippen LogP contribution < -0.4 is 16.4 Å². The molecule has 10 heteroatoms. The number of hydrogen-bond donors (Lipinski definition) is 5. The number of benzene rings is 1. The van der Waals surface area contributed by atoms with Crippen molar-refractivity contribution in [3.05, 3.63) is 29.8 Å². The smallest absolute Gasteiger partial charge is 0.326 e. The number of nitrogens with one attached hydrogen (secondary N) is 2. The Morgan fingerprint density at radius 1 is 1.16 bits per heavy atom. The molecule has 170 valence electrons. The summed E-state index contributed by atoms with van der Waals surface area (Å²) >= 11 is 0. The number of likely N-dealkylation sites (tertiary alicyclic amines) is 1. The predicted molar refractivity (Wildman–Crippen MR) is 112 cm³/mol. The van der Waals surface area contributed by atoms with E-state index >= 15 is 0 Å². The molecule has 10 nitrogen and oxygen atoms in total. The zero-order valence-electron chi connectivity index (χ0n) is 17.7. The van der Waals surface area contributed by atoms with Crippen LogP contribution in [0.5, 0.6) is 5.75 Å². The van der Waals surface area contributed by atoms with Gasteiger partial charge in [0.15, 0.2) is 0 Å². The molecule has 1 heterocycles. The molecule has 3 unspecified atom stereocenters. The van der Waals surface area contributed by atoms with Gasteiger partial charge >= 0.3 is 5.97 Å². The quantitative estimate of drug-likeness (QED) is 0.353. The van der Waals surface area contributed by atoms with Crippen molar-refractivity contribution >= 4 is 23.7 Å². The second-order valence-corrected chi connectivity index (χ2v) is 7.95. The van der Waals surface area contributed by atoms with E-state index in [1.165, 1.54) is 17.0 Å². The third kappa shape index (κ3) is 6.42. The van der Waals surface area contributed by atoms with E-state index in [1.54, 1.807) is 26.0 Å². The van der Waals surface area contributed by atoms with E-state index in [0.29, 0.717) is 18.4 Å². The number of carboxylic acid groups (broad SMARTS) is 1. The zero-order valence-corrected chi connectivity index (χ0v) is 17.7. The van der Waals surface area contributed by atoms with Crippen LogP contribution in [-0.4, -0.2) is 70.0 Å². The van der Waals surface area contributed by atoms with Crippen LogP contribution in [0.4, 0.5) is 0 Å². The van der Waals surface area contributed by atoms with Crippen LogP contribution >= 0.6 is 0 Å². The van der Waals surface area contributed by atoms with Crippen LogP contribution in [-0.2, 0) is 25.6 Å². The highest BCUT2D eigenvalue weighted by atomic mass is 16.4. The van der Waals surface area contributed by atoms with Crippen molar-refractivity contribution in [3.63, 3.8) is 0 Å². The van der Waals surface area contributed by atoms with E-state index in [9.17, 15) is 29.4 Å². The highest BCUT2D eigenvalue weighted by Crippen LogP contribution is 2.20. The van der Waals surface area contributed by atoms with Gasteiger partial charge in [0.2, 0.25) is 17.7 Å². The van der Waals surface area contributed by atoms with Crippen molar-refractivity contribution in [1.29, 1.82) is 0 Å². The van der Waals surface area contributed by atoms with Crippen LogP contribution in [0.2, 0.25) is 0 Å². The molecule has 31 heavy (non-hydrogen) atoms. The molecule has 1 fully saturated rings. The van der Waals surface area contributed by atoms with Gasteiger partial charge in [-0.1, -0.05) is 26.0 Å². The maximum absolute atomic E-state index is 13.2. The lowest BCUT2D eigenvalue weighted by Crippen LogP contribution is -2.58. The first-order chi connectivity index (χ1) is 14.6. The summed E-state index contributed by atoms with van der Waals surface area (Å²) in [6.07, 6.45) is 1.01. The number of carbonyl (C=O) groups is 4. The molecule has 2 rings (SSSR count). The normalized spacial score (nSPS) is 17.8. The van der Waals surface area contributed by atoms with Gasteiger partial charge in [-0.2, -0.15) is 0 Å². The first-order valence-electron chi connectivity index (χ1n) is 10.2. The van der Waals surface area contributed by atoms with Gasteiger partial charge in [-0.05, 0) is 36.5 Å². The summed E-state index contributed by atoms with van der Waals surface area (Å²) < 4.78 is 0. The lowest BCUT2D eigenvalue weighted by Gasteiger charge is -2.29. The molecule has 1 aliphatic rings. The van der Waals surface area contributed by atoms with E-state index in [2.05, 4.69) is 10.6 Å². The number of carbonyl (C=O) groups excluding carboxylic acids is 3. The number of amides is 3. The summed E-state index contributed by atoms with van der Waals surface area (Å²) in [5, 5.41) is 24.2. The molecule has 1 saturated heterocycles.